The number of carbonyl (C=O) groups excluding carboxylic acids is 2. The molecule has 1 aromatic heterocycles. The van der Waals surface area contributed by atoms with Crippen molar-refractivity contribution < 1.29 is 28.5 Å². The zero-order chi connectivity index (χ0) is 23.1. The molecule has 0 radical (unpaired) electrons. The van der Waals surface area contributed by atoms with Crippen LogP contribution in [0.3, 0.4) is 0 Å². The molecule has 0 bridgehead atoms. The fraction of sp³-hybridized carbons (Fsp3) is 0.318. The molecule has 9 heteroatoms. The van der Waals surface area contributed by atoms with E-state index in [1.54, 1.807) is 26.0 Å². The summed E-state index contributed by atoms with van der Waals surface area (Å²) in [4.78, 5) is 26.0. The van der Waals surface area contributed by atoms with E-state index in [-0.39, 0.29) is 12.2 Å². The molecule has 0 unspecified atom stereocenters. The highest BCUT2D eigenvalue weighted by atomic mass is 32.1. The molecule has 0 saturated heterocycles. The summed E-state index contributed by atoms with van der Waals surface area (Å²) in [6, 6.07) is 5.10. The number of methoxy groups -OCH3 is 3. The number of rotatable bonds is 8. The number of hydrogen-bond donors (Lipinski definition) is 1. The first-order valence-electron chi connectivity index (χ1n) is 9.31. The van der Waals surface area contributed by atoms with Gasteiger partial charge < -0.3 is 24.3 Å². The standard InChI is InChI=1S/C22H24N2O6S/c1-7-30-22(26)19-12(2)13(3)31-21(19)24-20(25)15(11-23)8-14-9-17(28-5)18(29-6)10-16(14)27-4/h8-10H,7H2,1-6H3,(H,24,25)/b15-8+. The van der Waals surface area contributed by atoms with Crippen molar-refractivity contribution in [3.63, 3.8) is 0 Å². The molecule has 164 valence electrons. The van der Waals surface area contributed by atoms with Crippen molar-refractivity contribution in [3.05, 3.63) is 39.3 Å². The van der Waals surface area contributed by atoms with Gasteiger partial charge >= 0.3 is 5.97 Å². The van der Waals surface area contributed by atoms with Crippen molar-refractivity contribution in [1.82, 2.24) is 0 Å². The fourth-order valence-corrected chi connectivity index (χ4v) is 3.85. The van der Waals surface area contributed by atoms with E-state index < -0.39 is 11.9 Å². The number of ether oxygens (including phenoxy) is 4. The van der Waals surface area contributed by atoms with Crippen molar-refractivity contribution >= 4 is 34.3 Å². The second kappa shape index (κ2) is 10.5. The molecule has 8 nitrogen and oxygen atoms in total. The number of benzene rings is 1. The van der Waals surface area contributed by atoms with Crippen LogP contribution < -0.4 is 19.5 Å². The third kappa shape index (κ3) is 5.16. The molecule has 0 aliphatic carbocycles. The van der Waals surface area contributed by atoms with E-state index in [1.165, 1.54) is 38.7 Å². The summed E-state index contributed by atoms with van der Waals surface area (Å²) in [7, 11) is 4.44. The van der Waals surface area contributed by atoms with Gasteiger partial charge in [0.05, 0.1) is 33.5 Å². The average molecular weight is 445 g/mol. The van der Waals surface area contributed by atoms with Crippen LogP contribution in [0.2, 0.25) is 0 Å². The van der Waals surface area contributed by atoms with E-state index in [4.69, 9.17) is 18.9 Å². The highest BCUT2D eigenvalue weighted by Gasteiger charge is 2.23. The molecule has 1 heterocycles. The van der Waals surface area contributed by atoms with E-state index in [2.05, 4.69) is 5.32 Å². The van der Waals surface area contributed by atoms with Crippen LogP contribution in [-0.4, -0.2) is 39.8 Å². The number of amides is 1. The summed E-state index contributed by atoms with van der Waals surface area (Å²) in [5.41, 5.74) is 1.29. The highest BCUT2D eigenvalue weighted by Crippen LogP contribution is 2.36. The molecular formula is C22H24N2O6S. The van der Waals surface area contributed by atoms with E-state index in [9.17, 15) is 14.9 Å². The average Bonchev–Trinajstić information content (AvgIpc) is 3.04. The van der Waals surface area contributed by atoms with E-state index in [0.29, 0.717) is 33.4 Å². The largest absolute Gasteiger partial charge is 0.496 e. The number of esters is 1. The van der Waals surface area contributed by atoms with Crippen LogP contribution in [-0.2, 0) is 9.53 Å². The monoisotopic (exact) mass is 444 g/mol. The van der Waals surface area contributed by atoms with Gasteiger partial charge in [-0.15, -0.1) is 11.3 Å². The number of carbonyl (C=O) groups is 2. The Labute approximate surface area is 185 Å². The molecule has 2 rings (SSSR count). The van der Waals surface area contributed by atoms with Gasteiger partial charge in [-0.3, -0.25) is 4.79 Å². The molecule has 1 amide bonds. The third-order valence-electron chi connectivity index (χ3n) is 4.49. The number of hydrogen-bond acceptors (Lipinski definition) is 8. The third-order valence-corrected chi connectivity index (χ3v) is 5.62. The summed E-state index contributed by atoms with van der Waals surface area (Å²) in [5, 5.41) is 12.6. The van der Waals surface area contributed by atoms with Gasteiger partial charge in [0.1, 0.15) is 22.4 Å². The highest BCUT2D eigenvalue weighted by molar-refractivity contribution is 7.16. The number of anilines is 1. The van der Waals surface area contributed by atoms with Gasteiger partial charge in [-0.05, 0) is 38.5 Å². The molecule has 1 N–H and O–H groups in total. The number of aryl methyl sites for hydroxylation is 1. The van der Waals surface area contributed by atoms with Gasteiger partial charge in [-0.1, -0.05) is 0 Å². The normalized spacial score (nSPS) is 10.8. The maximum Gasteiger partial charge on any atom is 0.341 e. The Morgan fingerprint density at radius 2 is 1.71 bits per heavy atom. The first-order chi connectivity index (χ1) is 14.8. The molecule has 0 atom stereocenters. The second-order valence-corrected chi connectivity index (χ2v) is 7.51. The van der Waals surface area contributed by atoms with Crippen molar-refractivity contribution in [2.24, 2.45) is 0 Å². The minimum Gasteiger partial charge on any atom is -0.496 e. The van der Waals surface area contributed by atoms with Gasteiger partial charge in [0.15, 0.2) is 11.5 Å². The van der Waals surface area contributed by atoms with Crippen LogP contribution in [0.5, 0.6) is 17.2 Å². The molecule has 31 heavy (non-hydrogen) atoms. The summed E-state index contributed by atoms with van der Waals surface area (Å²) in [6.45, 7) is 5.54. The fourth-order valence-electron chi connectivity index (χ4n) is 2.80. The van der Waals surface area contributed by atoms with E-state index >= 15 is 0 Å². The zero-order valence-corrected chi connectivity index (χ0v) is 19.1. The molecule has 1 aromatic carbocycles. The Hall–Kier alpha value is -3.51. The number of nitrogens with one attached hydrogen (secondary N) is 1. The zero-order valence-electron chi connectivity index (χ0n) is 18.2. The van der Waals surface area contributed by atoms with E-state index in [1.807, 2.05) is 13.0 Å². The minimum atomic E-state index is -0.661. The van der Waals surface area contributed by atoms with Gasteiger partial charge in [0.25, 0.3) is 5.91 Å². The lowest BCUT2D eigenvalue weighted by Gasteiger charge is -2.12. The lowest BCUT2D eigenvalue weighted by molar-refractivity contribution is -0.112. The molecular weight excluding hydrogens is 420 g/mol. The van der Waals surface area contributed by atoms with Gasteiger partial charge in [0, 0.05) is 16.5 Å². The van der Waals surface area contributed by atoms with Gasteiger partial charge in [-0.25, -0.2) is 4.79 Å². The van der Waals surface area contributed by atoms with Crippen LogP contribution >= 0.6 is 11.3 Å². The predicted molar refractivity (Wildman–Crippen MR) is 118 cm³/mol. The Bertz CT molecular complexity index is 1060. The second-order valence-electron chi connectivity index (χ2n) is 6.28. The summed E-state index contributed by atoms with van der Waals surface area (Å²) in [6.07, 6.45) is 1.38. The van der Waals surface area contributed by atoms with Crippen LogP contribution in [0.1, 0.15) is 33.3 Å². The first-order valence-corrected chi connectivity index (χ1v) is 10.1. The van der Waals surface area contributed by atoms with Gasteiger partial charge in [0.2, 0.25) is 0 Å². The van der Waals surface area contributed by atoms with Crippen LogP contribution in [0.25, 0.3) is 6.08 Å². The summed E-state index contributed by atoms with van der Waals surface area (Å²) >= 11 is 1.25. The van der Waals surface area contributed by atoms with E-state index in [0.717, 1.165) is 10.4 Å². The van der Waals surface area contributed by atoms with Crippen LogP contribution in [0, 0.1) is 25.2 Å². The Morgan fingerprint density at radius 3 is 2.26 bits per heavy atom. The maximum atomic E-state index is 12.8. The molecule has 0 aliphatic rings. The topological polar surface area (TPSA) is 107 Å². The Balaban J connectivity index is 2.44. The lowest BCUT2D eigenvalue weighted by Crippen LogP contribution is -2.16. The molecule has 0 saturated carbocycles. The van der Waals surface area contributed by atoms with Crippen LogP contribution in [0.15, 0.2) is 17.7 Å². The summed E-state index contributed by atoms with van der Waals surface area (Å²) < 4.78 is 21.0. The predicted octanol–water partition coefficient (Wildman–Crippen LogP) is 4.11. The summed E-state index contributed by atoms with van der Waals surface area (Å²) in [5.74, 6) is 0.0764. The number of nitriles is 1. The Kier molecular flexibility index (Phi) is 8.05. The van der Waals surface area contributed by atoms with Crippen LogP contribution in [0.4, 0.5) is 5.00 Å². The van der Waals surface area contributed by atoms with Gasteiger partial charge in [-0.2, -0.15) is 5.26 Å². The smallest absolute Gasteiger partial charge is 0.341 e. The number of thiophene rings is 1. The SMILES string of the molecule is CCOC(=O)c1c(NC(=O)/C(C#N)=C/c2cc(OC)c(OC)cc2OC)sc(C)c1C. The minimum absolute atomic E-state index is 0.177. The Morgan fingerprint density at radius 1 is 1.10 bits per heavy atom. The first kappa shape index (κ1) is 23.8. The molecule has 0 fully saturated rings. The van der Waals surface area contributed by atoms with Crippen molar-refractivity contribution in [2.75, 3.05) is 33.3 Å². The quantitative estimate of drug-likeness (QED) is 0.371. The van der Waals surface area contributed by atoms with Crippen molar-refractivity contribution in [3.8, 4) is 23.3 Å². The number of nitrogens with zero attached hydrogens (tertiary/aromatic N) is 1. The molecule has 2 aromatic rings. The molecule has 0 spiro atoms. The van der Waals surface area contributed by atoms with Crippen molar-refractivity contribution in [2.45, 2.75) is 20.8 Å². The van der Waals surface area contributed by atoms with Crippen molar-refractivity contribution in [1.29, 1.82) is 5.26 Å². The lowest BCUT2D eigenvalue weighted by atomic mass is 10.1. The molecule has 0 aliphatic heterocycles. The maximum absolute atomic E-state index is 12.8.